The Labute approximate surface area is 173 Å². The van der Waals surface area contributed by atoms with Gasteiger partial charge in [-0.3, -0.25) is 4.90 Å². The van der Waals surface area contributed by atoms with E-state index in [4.69, 9.17) is 11.6 Å². The van der Waals surface area contributed by atoms with Gasteiger partial charge in [0, 0.05) is 30.3 Å². The Balaban J connectivity index is 1.78. The number of aromatic nitrogens is 3. The van der Waals surface area contributed by atoms with E-state index in [1.807, 2.05) is 0 Å². The minimum Gasteiger partial charge on any atom is -0.335 e. The Morgan fingerprint density at radius 2 is 2.00 bits per heavy atom. The summed E-state index contributed by atoms with van der Waals surface area (Å²) in [5.74, 6) is -0.382. The smallest absolute Gasteiger partial charge is 0.335 e. The Kier molecular flexibility index (Phi) is 4.89. The molecule has 156 valence electrons. The second kappa shape index (κ2) is 7.28. The molecule has 30 heavy (non-hydrogen) atoms. The number of hydrogen-bond donors (Lipinski definition) is 1. The van der Waals surface area contributed by atoms with Crippen molar-refractivity contribution in [3.8, 4) is 5.69 Å². The summed E-state index contributed by atoms with van der Waals surface area (Å²) in [6.45, 7) is 1.52. The molecule has 2 amide bonds. The van der Waals surface area contributed by atoms with Crippen LogP contribution < -0.4 is 10.2 Å². The third kappa shape index (κ3) is 3.58. The van der Waals surface area contributed by atoms with Gasteiger partial charge in [-0.15, -0.1) is 0 Å². The fraction of sp³-hybridized carbons (Fsp3) is 0.211. The van der Waals surface area contributed by atoms with Crippen LogP contribution in [0.1, 0.15) is 23.1 Å². The van der Waals surface area contributed by atoms with Gasteiger partial charge in [-0.1, -0.05) is 11.6 Å². The first-order valence-corrected chi connectivity index (χ1v) is 9.14. The van der Waals surface area contributed by atoms with Crippen LogP contribution in [0.3, 0.4) is 0 Å². The average Bonchev–Trinajstić information content (AvgIpc) is 3.29. The van der Waals surface area contributed by atoms with Crippen molar-refractivity contribution in [2.75, 3.05) is 11.4 Å². The maximum Gasteiger partial charge on any atom is 0.416 e. The first-order valence-electron chi connectivity index (χ1n) is 8.77. The van der Waals surface area contributed by atoms with Crippen molar-refractivity contribution in [2.45, 2.75) is 19.1 Å². The van der Waals surface area contributed by atoms with Crippen LogP contribution >= 0.6 is 11.6 Å². The number of imidazole rings is 1. The molecule has 6 nitrogen and oxygen atoms in total. The van der Waals surface area contributed by atoms with Gasteiger partial charge in [-0.25, -0.2) is 19.2 Å². The van der Waals surface area contributed by atoms with Crippen LogP contribution in [0.25, 0.3) is 5.69 Å². The largest absolute Gasteiger partial charge is 0.416 e. The third-order valence-electron chi connectivity index (χ3n) is 4.64. The number of alkyl halides is 3. The molecule has 0 saturated carbocycles. The summed E-state index contributed by atoms with van der Waals surface area (Å²) in [6, 6.07) is 4.46. The SMILES string of the molecule is Cc1cc(C(F)(F)F)cc(N2C(=O)NC[C@H]2c2nccn2-c2ccc(F)c(Cl)c2)n1. The molecular weight excluding hydrogens is 426 g/mol. The maximum absolute atomic E-state index is 13.5. The zero-order valence-electron chi connectivity index (χ0n) is 15.4. The predicted octanol–water partition coefficient (Wildman–Crippen LogP) is 4.66. The molecule has 1 aromatic carbocycles. The topological polar surface area (TPSA) is 63.1 Å². The van der Waals surface area contributed by atoms with E-state index in [9.17, 15) is 22.4 Å². The zero-order chi connectivity index (χ0) is 21.6. The molecular formula is C19H14ClF4N5O. The summed E-state index contributed by atoms with van der Waals surface area (Å²) in [5.41, 5.74) is -0.301. The maximum atomic E-state index is 13.5. The highest BCUT2D eigenvalue weighted by atomic mass is 35.5. The molecule has 3 heterocycles. The molecule has 1 fully saturated rings. The van der Waals surface area contributed by atoms with Crippen molar-refractivity contribution in [2.24, 2.45) is 0 Å². The number of aryl methyl sites for hydroxylation is 1. The third-order valence-corrected chi connectivity index (χ3v) is 4.93. The standard InChI is InChI=1S/C19H14ClF4N5O/c1-10-6-11(19(22,23)24)7-16(27-10)29-15(9-26-18(29)30)17-25-4-5-28(17)12-2-3-14(21)13(20)8-12/h2-8,15H,9H2,1H3,(H,26,30)/t15-/m0/s1. The summed E-state index contributed by atoms with van der Waals surface area (Å²) in [4.78, 5) is 22.0. The molecule has 0 unspecified atom stereocenters. The van der Waals surface area contributed by atoms with Crippen LogP contribution in [0.4, 0.5) is 28.2 Å². The van der Waals surface area contributed by atoms with E-state index in [0.29, 0.717) is 11.5 Å². The van der Waals surface area contributed by atoms with Crippen LogP contribution in [-0.4, -0.2) is 27.1 Å². The molecule has 11 heteroatoms. The van der Waals surface area contributed by atoms with Gasteiger partial charge < -0.3 is 9.88 Å². The highest BCUT2D eigenvalue weighted by molar-refractivity contribution is 6.30. The molecule has 4 rings (SSSR count). The van der Waals surface area contributed by atoms with Gasteiger partial charge in [0.2, 0.25) is 0 Å². The van der Waals surface area contributed by atoms with Crippen LogP contribution in [0, 0.1) is 12.7 Å². The molecule has 1 atom stereocenters. The highest BCUT2D eigenvalue weighted by Gasteiger charge is 2.39. The van der Waals surface area contributed by atoms with E-state index in [1.54, 1.807) is 10.8 Å². The van der Waals surface area contributed by atoms with Gasteiger partial charge in [0.25, 0.3) is 0 Å². The number of pyridine rings is 1. The number of amides is 2. The molecule has 0 aliphatic carbocycles. The number of urea groups is 1. The van der Waals surface area contributed by atoms with Crippen LogP contribution in [0.15, 0.2) is 42.7 Å². The minimum absolute atomic E-state index is 0.0974. The lowest BCUT2D eigenvalue weighted by Gasteiger charge is -2.24. The lowest BCUT2D eigenvalue weighted by molar-refractivity contribution is -0.137. The fourth-order valence-corrected chi connectivity index (χ4v) is 3.50. The first kappa shape index (κ1) is 20.1. The minimum atomic E-state index is -4.59. The molecule has 1 aliphatic rings. The van der Waals surface area contributed by atoms with E-state index in [-0.39, 0.29) is 23.1 Å². The van der Waals surface area contributed by atoms with Crippen molar-refractivity contribution in [3.63, 3.8) is 0 Å². The second-order valence-corrected chi connectivity index (χ2v) is 7.09. The number of carbonyl (C=O) groups excluding carboxylic acids is 1. The van der Waals surface area contributed by atoms with E-state index < -0.39 is 29.6 Å². The van der Waals surface area contributed by atoms with Gasteiger partial charge in [-0.2, -0.15) is 13.2 Å². The normalized spacial score (nSPS) is 16.8. The number of hydrogen-bond acceptors (Lipinski definition) is 3. The van der Waals surface area contributed by atoms with E-state index in [0.717, 1.165) is 17.0 Å². The summed E-state index contributed by atoms with van der Waals surface area (Å²) in [6.07, 6.45) is -1.53. The van der Waals surface area contributed by atoms with Gasteiger partial charge in [0.05, 0.1) is 10.6 Å². The molecule has 0 spiro atoms. The number of nitrogens with zero attached hydrogens (tertiary/aromatic N) is 4. The lowest BCUT2D eigenvalue weighted by Crippen LogP contribution is -2.32. The van der Waals surface area contributed by atoms with Gasteiger partial charge in [-0.05, 0) is 37.3 Å². The second-order valence-electron chi connectivity index (χ2n) is 6.68. The molecule has 1 aliphatic heterocycles. The van der Waals surface area contributed by atoms with Crippen molar-refractivity contribution in [1.82, 2.24) is 19.9 Å². The lowest BCUT2D eigenvalue weighted by atomic mass is 10.2. The zero-order valence-corrected chi connectivity index (χ0v) is 16.2. The Morgan fingerprint density at radius 1 is 1.23 bits per heavy atom. The van der Waals surface area contributed by atoms with Crippen molar-refractivity contribution in [1.29, 1.82) is 0 Å². The molecule has 1 N–H and O–H groups in total. The number of anilines is 1. The Morgan fingerprint density at radius 3 is 2.70 bits per heavy atom. The predicted molar refractivity (Wildman–Crippen MR) is 101 cm³/mol. The fourth-order valence-electron chi connectivity index (χ4n) is 3.33. The van der Waals surface area contributed by atoms with Gasteiger partial charge >= 0.3 is 12.2 Å². The van der Waals surface area contributed by atoms with Crippen LogP contribution in [0.2, 0.25) is 5.02 Å². The highest BCUT2D eigenvalue weighted by Crippen LogP contribution is 2.35. The quantitative estimate of drug-likeness (QED) is 0.604. The van der Waals surface area contributed by atoms with Crippen LogP contribution in [0.5, 0.6) is 0 Å². The number of nitrogens with one attached hydrogen (secondary N) is 1. The Hall–Kier alpha value is -3.14. The number of halogens is 5. The van der Waals surface area contributed by atoms with E-state index in [2.05, 4.69) is 15.3 Å². The van der Waals surface area contributed by atoms with Crippen molar-refractivity contribution < 1.29 is 22.4 Å². The van der Waals surface area contributed by atoms with E-state index >= 15 is 0 Å². The van der Waals surface area contributed by atoms with Crippen molar-refractivity contribution >= 4 is 23.4 Å². The number of rotatable bonds is 3. The molecule has 1 saturated heterocycles. The summed E-state index contributed by atoms with van der Waals surface area (Å²) < 4.78 is 54.9. The van der Waals surface area contributed by atoms with Crippen LogP contribution in [-0.2, 0) is 6.18 Å². The Bertz CT molecular complexity index is 1130. The molecule has 0 radical (unpaired) electrons. The van der Waals surface area contributed by atoms with Gasteiger partial charge in [0.1, 0.15) is 23.5 Å². The van der Waals surface area contributed by atoms with Gasteiger partial charge in [0.15, 0.2) is 0 Å². The van der Waals surface area contributed by atoms with Crippen molar-refractivity contribution in [3.05, 3.63) is 70.6 Å². The summed E-state index contributed by atoms with van der Waals surface area (Å²) >= 11 is 5.87. The average molecular weight is 440 g/mol. The molecule has 0 bridgehead atoms. The monoisotopic (exact) mass is 439 g/mol. The number of benzene rings is 1. The number of carbonyl (C=O) groups is 1. The first-order chi connectivity index (χ1) is 14.1. The van der Waals surface area contributed by atoms with E-state index in [1.165, 1.54) is 31.3 Å². The molecule has 3 aromatic rings. The summed E-state index contributed by atoms with van der Waals surface area (Å²) in [5, 5.41) is 2.51. The summed E-state index contributed by atoms with van der Waals surface area (Å²) in [7, 11) is 0. The molecule has 2 aromatic heterocycles.